The van der Waals surface area contributed by atoms with E-state index < -0.39 is 0 Å². The van der Waals surface area contributed by atoms with Gasteiger partial charge in [0.15, 0.2) is 5.16 Å². The highest BCUT2D eigenvalue weighted by Crippen LogP contribution is 2.29. The number of anilines is 1. The van der Waals surface area contributed by atoms with Gasteiger partial charge in [-0.25, -0.2) is 20.8 Å². The zero-order chi connectivity index (χ0) is 14.5. The van der Waals surface area contributed by atoms with Crippen LogP contribution >= 0.6 is 11.8 Å². The first-order chi connectivity index (χ1) is 9.63. The molecule has 106 valence electrons. The fraction of sp³-hybridized carbons (Fsp3) is 0.333. The number of aryl methyl sites for hydroxylation is 1. The molecule has 0 aliphatic carbocycles. The predicted molar refractivity (Wildman–Crippen MR) is 77.6 cm³/mol. The number of nitrogen functional groups attached to an aromatic ring is 1. The zero-order valence-electron chi connectivity index (χ0n) is 11.3. The van der Waals surface area contributed by atoms with E-state index >= 15 is 0 Å². The highest BCUT2D eigenvalue weighted by atomic mass is 32.2. The summed E-state index contributed by atoms with van der Waals surface area (Å²) in [6, 6.07) is 1.45. The molecule has 0 aliphatic heterocycles. The molecule has 2 aromatic rings. The highest BCUT2D eigenvalue weighted by molar-refractivity contribution is 7.99. The van der Waals surface area contributed by atoms with Crippen LogP contribution in [0.3, 0.4) is 0 Å². The van der Waals surface area contributed by atoms with E-state index in [1.807, 2.05) is 0 Å². The summed E-state index contributed by atoms with van der Waals surface area (Å²) in [6.45, 7) is 3.84. The summed E-state index contributed by atoms with van der Waals surface area (Å²) < 4.78 is 0. The van der Waals surface area contributed by atoms with Gasteiger partial charge in [-0.15, -0.1) is 0 Å². The summed E-state index contributed by atoms with van der Waals surface area (Å²) in [5.41, 5.74) is 3.98. The van der Waals surface area contributed by atoms with Crippen molar-refractivity contribution in [1.29, 1.82) is 0 Å². The number of hydrogen-bond acceptors (Lipinski definition) is 7. The molecule has 20 heavy (non-hydrogen) atoms. The number of hydrazine groups is 1. The van der Waals surface area contributed by atoms with Crippen molar-refractivity contribution in [3.63, 3.8) is 0 Å². The summed E-state index contributed by atoms with van der Waals surface area (Å²) in [5.74, 6) is 6.07. The number of hydrogen-bond donors (Lipinski definition) is 3. The molecule has 2 heterocycles. The first kappa shape index (κ1) is 14.5. The summed E-state index contributed by atoms with van der Waals surface area (Å²) >= 11 is 1.30. The number of nitrogens with one attached hydrogen (secondary N) is 2. The van der Waals surface area contributed by atoms with Crippen LogP contribution in [-0.2, 0) is 6.42 Å². The van der Waals surface area contributed by atoms with Crippen LogP contribution in [-0.4, -0.2) is 19.9 Å². The molecule has 8 heteroatoms. The van der Waals surface area contributed by atoms with Gasteiger partial charge < -0.3 is 10.4 Å². The van der Waals surface area contributed by atoms with E-state index in [1.165, 1.54) is 24.2 Å². The predicted octanol–water partition coefficient (Wildman–Crippen LogP) is 1.26. The number of H-pyrrole nitrogens is 1. The van der Waals surface area contributed by atoms with Crippen molar-refractivity contribution < 1.29 is 0 Å². The Morgan fingerprint density at radius 2 is 2.25 bits per heavy atom. The van der Waals surface area contributed by atoms with E-state index in [0.717, 1.165) is 23.4 Å². The van der Waals surface area contributed by atoms with Gasteiger partial charge >= 0.3 is 0 Å². The molecule has 0 atom stereocenters. The average molecular weight is 292 g/mol. The highest BCUT2D eigenvalue weighted by Gasteiger charge is 2.12. The Bertz CT molecular complexity index is 657. The third-order valence-corrected chi connectivity index (χ3v) is 3.52. The maximum Gasteiger partial charge on any atom is 0.251 e. The minimum absolute atomic E-state index is 0.178. The molecule has 0 radical (unpaired) electrons. The second-order valence-electron chi connectivity index (χ2n) is 4.19. The van der Waals surface area contributed by atoms with Gasteiger partial charge in [0.05, 0.1) is 0 Å². The molecule has 2 aromatic heterocycles. The second kappa shape index (κ2) is 6.49. The number of aromatic nitrogens is 4. The van der Waals surface area contributed by atoms with Gasteiger partial charge in [-0.3, -0.25) is 4.79 Å². The Hall–Kier alpha value is -1.93. The molecule has 0 saturated carbocycles. The van der Waals surface area contributed by atoms with Gasteiger partial charge in [-0.2, -0.15) is 0 Å². The minimum atomic E-state index is -0.178. The normalized spacial score (nSPS) is 10.6. The summed E-state index contributed by atoms with van der Waals surface area (Å²) in [4.78, 5) is 26.8. The Kier molecular flexibility index (Phi) is 4.70. The van der Waals surface area contributed by atoms with Crippen molar-refractivity contribution in [2.75, 3.05) is 5.43 Å². The lowest BCUT2D eigenvalue weighted by Gasteiger charge is -2.10. The maximum absolute atomic E-state index is 11.5. The SMILES string of the molecule is CCCc1c(NN)ncnc1Sc1nc(C)cc(=O)[nH]1. The van der Waals surface area contributed by atoms with Crippen LogP contribution in [0.15, 0.2) is 27.4 Å². The molecular formula is C12H16N6OS. The number of aromatic amines is 1. The molecular weight excluding hydrogens is 276 g/mol. The van der Waals surface area contributed by atoms with Gasteiger partial charge in [0.1, 0.15) is 17.2 Å². The van der Waals surface area contributed by atoms with Gasteiger partial charge in [-0.1, -0.05) is 13.3 Å². The van der Waals surface area contributed by atoms with Crippen molar-refractivity contribution in [3.8, 4) is 0 Å². The van der Waals surface area contributed by atoms with Crippen molar-refractivity contribution >= 4 is 17.6 Å². The Labute approximate surface area is 120 Å². The van der Waals surface area contributed by atoms with Crippen LogP contribution in [0, 0.1) is 6.92 Å². The molecule has 0 bridgehead atoms. The maximum atomic E-state index is 11.5. The van der Waals surface area contributed by atoms with E-state index in [2.05, 4.69) is 32.3 Å². The fourth-order valence-electron chi connectivity index (χ4n) is 1.78. The molecule has 0 amide bonds. The quantitative estimate of drug-likeness (QED) is 0.329. The Balaban J connectivity index is 2.39. The lowest BCUT2D eigenvalue weighted by molar-refractivity contribution is 0.848. The number of rotatable bonds is 5. The summed E-state index contributed by atoms with van der Waals surface area (Å²) in [6.07, 6.45) is 3.16. The standard InChI is InChI=1S/C12H16N6OS/c1-3-4-8-10(18-13)14-6-15-11(8)20-12-16-7(2)5-9(19)17-12/h5-6H,3-4,13H2,1-2H3,(H,14,15,18)(H,16,17,19). The van der Waals surface area contributed by atoms with Gasteiger partial charge in [-0.05, 0) is 25.1 Å². The van der Waals surface area contributed by atoms with E-state index in [-0.39, 0.29) is 5.56 Å². The first-order valence-corrected chi connectivity index (χ1v) is 7.02. The monoisotopic (exact) mass is 292 g/mol. The summed E-state index contributed by atoms with van der Waals surface area (Å²) in [7, 11) is 0. The van der Waals surface area contributed by atoms with Crippen LogP contribution in [0.4, 0.5) is 5.82 Å². The number of nitrogens with zero attached hydrogens (tertiary/aromatic N) is 3. The van der Waals surface area contributed by atoms with Crippen molar-refractivity contribution in [2.24, 2.45) is 5.84 Å². The Morgan fingerprint density at radius 3 is 2.90 bits per heavy atom. The van der Waals surface area contributed by atoms with Gasteiger partial charge in [0, 0.05) is 17.3 Å². The van der Waals surface area contributed by atoms with Crippen LogP contribution in [0.1, 0.15) is 24.6 Å². The lowest BCUT2D eigenvalue weighted by atomic mass is 10.2. The fourth-order valence-corrected chi connectivity index (χ4v) is 2.72. The van der Waals surface area contributed by atoms with Crippen LogP contribution in [0.5, 0.6) is 0 Å². The summed E-state index contributed by atoms with van der Waals surface area (Å²) in [5, 5.41) is 1.25. The van der Waals surface area contributed by atoms with Crippen molar-refractivity contribution in [2.45, 2.75) is 36.9 Å². The molecule has 0 aromatic carbocycles. The molecule has 0 aliphatic rings. The Morgan fingerprint density at radius 1 is 1.45 bits per heavy atom. The van der Waals surface area contributed by atoms with E-state index in [9.17, 15) is 4.79 Å². The lowest BCUT2D eigenvalue weighted by Crippen LogP contribution is -2.13. The minimum Gasteiger partial charge on any atom is -0.308 e. The molecule has 0 saturated heterocycles. The van der Waals surface area contributed by atoms with Gasteiger partial charge in [0.2, 0.25) is 0 Å². The first-order valence-electron chi connectivity index (χ1n) is 6.20. The molecule has 0 fully saturated rings. The molecule has 0 unspecified atom stereocenters. The van der Waals surface area contributed by atoms with E-state index in [0.29, 0.717) is 16.7 Å². The van der Waals surface area contributed by atoms with Gasteiger partial charge in [0.25, 0.3) is 5.56 Å². The topological polar surface area (TPSA) is 110 Å². The smallest absolute Gasteiger partial charge is 0.251 e. The molecule has 7 nitrogen and oxygen atoms in total. The van der Waals surface area contributed by atoms with Crippen LogP contribution in [0.25, 0.3) is 0 Å². The third-order valence-electron chi connectivity index (χ3n) is 2.58. The van der Waals surface area contributed by atoms with Crippen molar-refractivity contribution in [1.82, 2.24) is 19.9 Å². The molecule has 2 rings (SSSR count). The van der Waals surface area contributed by atoms with E-state index in [1.54, 1.807) is 6.92 Å². The average Bonchev–Trinajstić information content (AvgIpc) is 2.39. The van der Waals surface area contributed by atoms with E-state index in [4.69, 9.17) is 5.84 Å². The number of nitrogens with two attached hydrogens (primary N) is 1. The third kappa shape index (κ3) is 3.34. The van der Waals surface area contributed by atoms with Crippen LogP contribution < -0.4 is 16.8 Å². The zero-order valence-corrected chi connectivity index (χ0v) is 12.1. The molecule has 0 spiro atoms. The van der Waals surface area contributed by atoms with Crippen LogP contribution in [0.2, 0.25) is 0 Å². The largest absolute Gasteiger partial charge is 0.308 e. The molecule has 4 N–H and O–H groups in total. The van der Waals surface area contributed by atoms with Crippen molar-refractivity contribution in [3.05, 3.63) is 34.0 Å². The second-order valence-corrected chi connectivity index (χ2v) is 5.17.